The van der Waals surface area contributed by atoms with Gasteiger partial charge >= 0.3 is 0 Å². The Hall–Kier alpha value is -0.880. The third-order valence-corrected chi connectivity index (χ3v) is 2.99. The van der Waals surface area contributed by atoms with Crippen molar-refractivity contribution < 1.29 is 4.42 Å². The molecule has 0 amide bonds. The van der Waals surface area contributed by atoms with Crippen LogP contribution in [0.5, 0.6) is 0 Å². The van der Waals surface area contributed by atoms with E-state index in [0.29, 0.717) is 5.89 Å². The van der Waals surface area contributed by atoms with Gasteiger partial charge in [-0.25, -0.2) is 4.98 Å². The van der Waals surface area contributed by atoms with E-state index in [1.165, 1.54) is 0 Å². The fraction of sp³-hybridized carbons (Fsp3) is 0.182. The van der Waals surface area contributed by atoms with E-state index in [1.54, 1.807) is 6.20 Å². The van der Waals surface area contributed by atoms with Gasteiger partial charge in [0.1, 0.15) is 0 Å². The van der Waals surface area contributed by atoms with Crippen molar-refractivity contribution in [1.82, 2.24) is 4.98 Å². The van der Waals surface area contributed by atoms with Crippen LogP contribution in [0, 0.1) is 3.57 Å². The van der Waals surface area contributed by atoms with Gasteiger partial charge in [0.15, 0.2) is 5.76 Å². The molecule has 4 heteroatoms. The van der Waals surface area contributed by atoms with Gasteiger partial charge in [0, 0.05) is 9.13 Å². The van der Waals surface area contributed by atoms with Gasteiger partial charge in [0.25, 0.3) is 0 Å². The van der Waals surface area contributed by atoms with Crippen molar-refractivity contribution in [3.63, 3.8) is 0 Å². The van der Waals surface area contributed by atoms with Crippen LogP contribution in [-0.2, 0) is 0 Å². The minimum Gasteiger partial charge on any atom is -0.439 e. The second-order valence-corrected chi connectivity index (χ2v) is 4.49. The van der Waals surface area contributed by atoms with E-state index >= 15 is 0 Å². The van der Waals surface area contributed by atoms with Gasteiger partial charge in [-0.05, 0) is 35.6 Å². The van der Waals surface area contributed by atoms with Crippen molar-refractivity contribution in [2.45, 2.75) is 13.0 Å². The standard InChI is InChI=1S/C11H11IN2O/c1-7(13)11-14-6-10(15-11)8-4-2-3-5-9(8)12/h2-7H,13H2,1H3. The molecule has 1 heterocycles. The minimum absolute atomic E-state index is 0.167. The Kier molecular flexibility index (Phi) is 3.06. The summed E-state index contributed by atoms with van der Waals surface area (Å²) >= 11 is 2.27. The summed E-state index contributed by atoms with van der Waals surface area (Å²) < 4.78 is 6.71. The van der Waals surface area contributed by atoms with Crippen molar-refractivity contribution in [2.24, 2.45) is 5.73 Å². The summed E-state index contributed by atoms with van der Waals surface area (Å²) in [6.07, 6.45) is 1.72. The lowest BCUT2D eigenvalue weighted by molar-refractivity contribution is 0.473. The molecule has 1 atom stereocenters. The molecule has 0 spiro atoms. The number of aromatic nitrogens is 1. The maximum atomic E-state index is 5.69. The molecule has 2 aromatic rings. The van der Waals surface area contributed by atoms with Crippen molar-refractivity contribution in [1.29, 1.82) is 0 Å². The fourth-order valence-electron chi connectivity index (χ4n) is 1.28. The first-order valence-corrected chi connectivity index (χ1v) is 5.72. The lowest BCUT2D eigenvalue weighted by Crippen LogP contribution is -2.04. The van der Waals surface area contributed by atoms with Gasteiger partial charge in [-0.15, -0.1) is 0 Å². The SMILES string of the molecule is CC(N)c1ncc(-c2ccccc2I)o1. The van der Waals surface area contributed by atoms with Crippen LogP contribution >= 0.6 is 22.6 Å². The van der Waals surface area contributed by atoms with Crippen molar-refractivity contribution in [2.75, 3.05) is 0 Å². The van der Waals surface area contributed by atoms with Crippen LogP contribution < -0.4 is 5.73 Å². The molecule has 0 aliphatic carbocycles. The maximum absolute atomic E-state index is 5.69. The third-order valence-electron chi connectivity index (χ3n) is 2.05. The molecule has 0 radical (unpaired) electrons. The summed E-state index contributed by atoms with van der Waals surface area (Å²) in [4.78, 5) is 4.14. The molecule has 15 heavy (non-hydrogen) atoms. The number of rotatable bonds is 2. The molecular formula is C11H11IN2O. The molecule has 0 saturated heterocycles. The first kappa shape index (κ1) is 10.6. The molecular weight excluding hydrogens is 303 g/mol. The molecule has 0 bridgehead atoms. The summed E-state index contributed by atoms with van der Waals surface area (Å²) in [5, 5.41) is 0. The Bertz CT molecular complexity index is 465. The molecule has 1 aromatic carbocycles. The topological polar surface area (TPSA) is 52.0 Å². The predicted octanol–water partition coefficient (Wildman–Crippen LogP) is 2.97. The molecule has 1 aromatic heterocycles. The van der Waals surface area contributed by atoms with Crippen LogP contribution in [0.1, 0.15) is 18.9 Å². The first-order valence-electron chi connectivity index (χ1n) is 4.64. The van der Waals surface area contributed by atoms with E-state index in [-0.39, 0.29) is 6.04 Å². The highest BCUT2D eigenvalue weighted by molar-refractivity contribution is 14.1. The van der Waals surface area contributed by atoms with Crippen molar-refractivity contribution >= 4 is 22.6 Å². The van der Waals surface area contributed by atoms with Crippen LogP contribution in [0.4, 0.5) is 0 Å². The summed E-state index contributed by atoms with van der Waals surface area (Å²) in [7, 11) is 0. The molecule has 0 aliphatic heterocycles. The quantitative estimate of drug-likeness (QED) is 0.867. The number of halogens is 1. The largest absolute Gasteiger partial charge is 0.439 e. The average Bonchev–Trinajstić information content (AvgIpc) is 2.67. The van der Waals surface area contributed by atoms with Gasteiger partial charge in [0.2, 0.25) is 5.89 Å². The Balaban J connectivity index is 2.42. The van der Waals surface area contributed by atoms with Crippen molar-refractivity contribution in [3.8, 4) is 11.3 Å². The van der Waals surface area contributed by atoms with Gasteiger partial charge < -0.3 is 10.2 Å². The lowest BCUT2D eigenvalue weighted by Gasteiger charge is -2.00. The molecule has 78 valence electrons. The van der Waals surface area contributed by atoms with Gasteiger partial charge in [-0.2, -0.15) is 0 Å². The second kappa shape index (κ2) is 4.32. The minimum atomic E-state index is -0.167. The van der Waals surface area contributed by atoms with E-state index < -0.39 is 0 Å². The zero-order valence-electron chi connectivity index (χ0n) is 8.27. The normalized spacial score (nSPS) is 12.7. The van der Waals surface area contributed by atoms with E-state index in [4.69, 9.17) is 10.2 Å². The summed E-state index contributed by atoms with van der Waals surface area (Å²) in [5.74, 6) is 1.34. The zero-order chi connectivity index (χ0) is 10.8. The molecule has 0 aliphatic rings. The van der Waals surface area contributed by atoms with Crippen LogP contribution in [0.2, 0.25) is 0 Å². The summed E-state index contributed by atoms with van der Waals surface area (Å²) in [6.45, 7) is 1.85. The highest BCUT2D eigenvalue weighted by Gasteiger charge is 2.11. The van der Waals surface area contributed by atoms with Crippen LogP contribution in [-0.4, -0.2) is 4.98 Å². The number of nitrogens with zero attached hydrogens (tertiary/aromatic N) is 1. The van der Waals surface area contributed by atoms with Gasteiger partial charge in [-0.3, -0.25) is 0 Å². The molecule has 0 fully saturated rings. The van der Waals surface area contributed by atoms with Crippen molar-refractivity contribution in [3.05, 3.63) is 39.9 Å². The van der Waals surface area contributed by atoms with E-state index in [1.807, 2.05) is 31.2 Å². The van der Waals surface area contributed by atoms with Crippen LogP contribution in [0.3, 0.4) is 0 Å². The number of hydrogen-bond donors (Lipinski definition) is 1. The van der Waals surface area contributed by atoms with Gasteiger partial charge in [-0.1, -0.05) is 18.2 Å². The number of nitrogens with two attached hydrogens (primary N) is 1. The fourth-order valence-corrected chi connectivity index (χ4v) is 1.94. The third kappa shape index (κ3) is 2.21. The highest BCUT2D eigenvalue weighted by Crippen LogP contribution is 2.26. The number of oxazole rings is 1. The Labute approximate surface area is 102 Å². The van der Waals surface area contributed by atoms with E-state index in [9.17, 15) is 0 Å². The smallest absolute Gasteiger partial charge is 0.211 e. The Morgan fingerprint density at radius 1 is 1.40 bits per heavy atom. The zero-order valence-corrected chi connectivity index (χ0v) is 10.4. The van der Waals surface area contributed by atoms with Crippen LogP contribution in [0.15, 0.2) is 34.9 Å². The maximum Gasteiger partial charge on any atom is 0.211 e. The number of benzene rings is 1. The molecule has 2 rings (SSSR count). The second-order valence-electron chi connectivity index (χ2n) is 3.33. The highest BCUT2D eigenvalue weighted by atomic mass is 127. The predicted molar refractivity (Wildman–Crippen MR) is 67.3 cm³/mol. The van der Waals surface area contributed by atoms with Crippen LogP contribution in [0.25, 0.3) is 11.3 Å². The Morgan fingerprint density at radius 2 is 2.13 bits per heavy atom. The molecule has 3 nitrogen and oxygen atoms in total. The molecule has 0 saturated carbocycles. The number of hydrogen-bond acceptors (Lipinski definition) is 3. The summed E-state index contributed by atoms with van der Waals surface area (Å²) in [6, 6.07) is 7.84. The van der Waals surface area contributed by atoms with E-state index in [2.05, 4.69) is 27.6 Å². The first-order chi connectivity index (χ1) is 7.18. The molecule has 2 N–H and O–H groups in total. The molecule has 1 unspecified atom stereocenters. The summed E-state index contributed by atoms with van der Waals surface area (Å²) in [5.41, 5.74) is 6.74. The van der Waals surface area contributed by atoms with E-state index in [0.717, 1.165) is 14.9 Å². The lowest BCUT2D eigenvalue weighted by atomic mass is 10.2. The van der Waals surface area contributed by atoms with Gasteiger partial charge in [0.05, 0.1) is 12.2 Å². The average molecular weight is 314 g/mol. The monoisotopic (exact) mass is 314 g/mol. The Morgan fingerprint density at radius 3 is 2.73 bits per heavy atom.